The molecule has 82 heavy (non-hydrogen) atoms. The van der Waals surface area contributed by atoms with Gasteiger partial charge in [0.15, 0.2) is 37.0 Å². The molecular weight excluding hydrogens is 1170 g/mol. The van der Waals surface area contributed by atoms with Gasteiger partial charge in [-0.05, 0) is 165 Å². The molecular formula is C58H64AlClF6LiNO11S3. The van der Waals surface area contributed by atoms with E-state index in [-0.39, 0.29) is 135 Å². The summed E-state index contributed by atoms with van der Waals surface area (Å²) >= 11 is 0. The predicted octanol–water partition coefficient (Wildman–Crippen LogP) is 7.59. The first-order valence-corrected chi connectivity index (χ1v) is 31.0. The summed E-state index contributed by atoms with van der Waals surface area (Å²) in [5.41, 5.74) is 7.64. The van der Waals surface area contributed by atoms with Crippen molar-refractivity contribution in [2.45, 2.75) is 78.5 Å². The van der Waals surface area contributed by atoms with Crippen LogP contribution in [0.5, 0.6) is 0 Å². The number of methoxy groups -OCH3 is 2. The number of aliphatic hydroxyl groups is 1. The molecule has 12 nitrogen and oxygen atoms in total. The Balaban J connectivity index is 0.000000300. The summed E-state index contributed by atoms with van der Waals surface area (Å²) < 4.78 is 162. The second-order valence-corrected chi connectivity index (χ2v) is 26.5. The van der Waals surface area contributed by atoms with Crippen molar-refractivity contribution in [3.63, 3.8) is 0 Å². The molecule has 0 heterocycles. The average molecular weight is 1230 g/mol. The fourth-order valence-electron chi connectivity index (χ4n) is 9.96. The van der Waals surface area contributed by atoms with Gasteiger partial charge in [-0.3, -0.25) is 9.59 Å². The van der Waals surface area contributed by atoms with E-state index in [0.29, 0.717) is 36.0 Å². The Labute approximate surface area is 503 Å². The fraction of sp³-hybridized carbons (Fsp3) is 0.345. The second kappa shape index (κ2) is 31.3. The van der Waals surface area contributed by atoms with Crippen LogP contribution >= 0.6 is 10.7 Å². The number of aliphatic hydroxyl groups excluding tert-OH is 1. The molecule has 3 N–H and O–H groups in total. The quantitative estimate of drug-likeness (QED) is 0.0498. The van der Waals surface area contributed by atoms with Crippen LogP contribution in [0.1, 0.15) is 59.2 Å². The van der Waals surface area contributed by atoms with Gasteiger partial charge in [-0.1, -0.05) is 36.4 Å². The number of sulfone groups is 2. The van der Waals surface area contributed by atoms with Gasteiger partial charge in [-0.15, -0.1) is 0 Å². The SMILES string of the molecule is COC(=O)[C@@H]1CC[C@@H](CS(=O)(=O)c2ccc(-c3ccc(F)cc3F)cc2)C1.COC(=O)[C@@H]1CC[C@@H](N)C1.O=S(=O)(C[C@@H]1CC[C@@H](CO)C1)c1ccc(-c2ccc(F)cc2F)cc1.O=S(=O)(Cl)c1ccc(-c2ccc(F)cc2F)cc1.[AlH3].[H-].[Li+]. The zero-order valence-corrected chi connectivity index (χ0v) is 47.8. The number of hydrogen-bond donors (Lipinski definition) is 2. The van der Waals surface area contributed by atoms with Gasteiger partial charge in [0.25, 0.3) is 9.05 Å². The van der Waals surface area contributed by atoms with Crippen molar-refractivity contribution >= 4 is 68.7 Å². The third kappa shape index (κ3) is 19.5. The molecule has 0 spiro atoms. The van der Waals surface area contributed by atoms with Crippen molar-refractivity contribution in [1.82, 2.24) is 0 Å². The summed E-state index contributed by atoms with van der Waals surface area (Å²) in [6.45, 7) is 0.106. The minimum atomic E-state index is -3.80. The van der Waals surface area contributed by atoms with Gasteiger partial charge in [0.05, 0.1) is 52.2 Å². The van der Waals surface area contributed by atoms with E-state index in [2.05, 4.69) is 4.74 Å². The first-order chi connectivity index (χ1) is 37.8. The number of halogens is 7. The largest absolute Gasteiger partial charge is 1.00 e. The Morgan fingerprint density at radius 1 is 0.512 bits per heavy atom. The molecule has 438 valence electrons. The zero-order chi connectivity index (χ0) is 58.5. The number of hydrogen-bond acceptors (Lipinski definition) is 12. The van der Waals surface area contributed by atoms with E-state index in [4.69, 9.17) is 21.2 Å². The molecule has 9 rings (SSSR count). The fourth-order valence-corrected chi connectivity index (χ4v) is 14.1. The predicted molar refractivity (Wildman–Crippen MR) is 302 cm³/mol. The van der Waals surface area contributed by atoms with Gasteiger partial charge < -0.3 is 21.7 Å². The maximum atomic E-state index is 13.9. The van der Waals surface area contributed by atoms with Crippen LogP contribution in [0.25, 0.3) is 33.4 Å². The zero-order valence-electron chi connectivity index (χ0n) is 45.6. The molecule has 3 aliphatic carbocycles. The Morgan fingerprint density at radius 3 is 1.16 bits per heavy atom. The van der Waals surface area contributed by atoms with E-state index in [1.54, 1.807) is 0 Å². The van der Waals surface area contributed by atoms with Gasteiger partial charge in [-0.2, -0.15) is 0 Å². The molecule has 3 saturated carbocycles. The Hall–Kier alpha value is -4.97. The van der Waals surface area contributed by atoms with Gasteiger partial charge >= 0.3 is 30.8 Å². The van der Waals surface area contributed by atoms with Crippen LogP contribution in [0.3, 0.4) is 0 Å². The monoisotopic (exact) mass is 1230 g/mol. The number of nitrogens with two attached hydrogens (primary N) is 1. The molecule has 6 aromatic rings. The molecule has 6 aromatic carbocycles. The van der Waals surface area contributed by atoms with E-state index >= 15 is 0 Å². The minimum absolute atomic E-state index is 0. The van der Waals surface area contributed by atoms with E-state index in [1.807, 2.05) is 0 Å². The van der Waals surface area contributed by atoms with Crippen molar-refractivity contribution in [3.8, 4) is 33.4 Å². The van der Waals surface area contributed by atoms with Gasteiger partial charge in [0, 0.05) is 58.2 Å². The first kappa shape index (κ1) is 69.5. The summed E-state index contributed by atoms with van der Waals surface area (Å²) in [5.74, 6) is -4.45. The summed E-state index contributed by atoms with van der Waals surface area (Å²) in [4.78, 5) is 22.7. The Bertz CT molecular complexity index is 3470. The number of benzene rings is 6. The van der Waals surface area contributed by atoms with E-state index in [0.717, 1.165) is 68.9 Å². The Morgan fingerprint density at radius 2 is 0.841 bits per heavy atom. The maximum Gasteiger partial charge on any atom is 1.00 e. The van der Waals surface area contributed by atoms with Crippen molar-refractivity contribution in [2.75, 3.05) is 32.3 Å². The van der Waals surface area contributed by atoms with Gasteiger partial charge in [-0.25, -0.2) is 51.6 Å². The molecule has 3 aliphatic rings. The molecule has 0 saturated heterocycles. The molecule has 0 aliphatic heterocycles. The first-order valence-electron chi connectivity index (χ1n) is 25.4. The second-order valence-electron chi connectivity index (χ2n) is 19.9. The van der Waals surface area contributed by atoms with Crippen molar-refractivity contribution in [2.24, 2.45) is 35.3 Å². The van der Waals surface area contributed by atoms with Crippen LogP contribution in [-0.4, -0.2) is 98.0 Å². The topological polar surface area (TPSA) is 201 Å². The van der Waals surface area contributed by atoms with Crippen molar-refractivity contribution in [3.05, 3.63) is 162 Å². The van der Waals surface area contributed by atoms with Crippen LogP contribution in [0, 0.1) is 64.5 Å². The summed E-state index contributed by atoms with van der Waals surface area (Å²) in [6, 6.07) is 27.2. The molecule has 0 radical (unpaired) electrons. The van der Waals surface area contributed by atoms with Crippen LogP contribution in [0.2, 0.25) is 0 Å². The molecule has 3 fully saturated rings. The minimum Gasteiger partial charge on any atom is -1.00 e. The molecule has 0 unspecified atom stereocenters. The van der Waals surface area contributed by atoms with E-state index in [9.17, 15) is 66.3 Å². The van der Waals surface area contributed by atoms with E-state index in [1.165, 1.54) is 111 Å². The summed E-state index contributed by atoms with van der Waals surface area (Å²) in [5, 5.41) is 9.17. The van der Waals surface area contributed by atoms with E-state index < -0.39 is 63.6 Å². The number of esters is 2. The Kier molecular flexibility index (Phi) is 26.5. The normalized spacial score (nSPS) is 19.3. The summed E-state index contributed by atoms with van der Waals surface area (Å²) in [7, 11) is -2.84. The molecule has 0 bridgehead atoms. The number of ether oxygens (including phenoxy) is 2. The number of carbonyl (C=O) groups is 2. The third-order valence-electron chi connectivity index (χ3n) is 14.2. The third-order valence-corrected chi connectivity index (χ3v) is 19.4. The summed E-state index contributed by atoms with van der Waals surface area (Å²) in [6.07, 6.45) is 6.86. The number of rotatable bonds is 13. The molecule has 24 heteroatoms. The molecule has 6 atom stereocenters. The molecule has 0 amide bonds. The van der Waals surface area contributed by atoms with Crippen LogP contribution in [0.15, 0.2) is 142 Å². The van der Waals surface area contributed by atoms with Crippen LogP contribution < -0.4 is 24.6 Å². The standard InChI is InChI=1S/C20H20F2O4S.C19H20F2O3S.C12H7ClF2O2S.C7H13NO2.Al.Li.4H/c1-26-20(23)15-3-2-13(10-15)12-27(24,25)17-7-4-14(5-8-17)18-9-6-16(21)11-19(18)22;20-16-5-8-18(19(21)10-16)15-3-6-17(7-4-15)25(23,24)12-14-2-1-13(9-14)11-22;13-18(16,17)10-4-1-8(2-5-10)11-6-3-9(14)7-12(11)15;1-10-7(9)5-2-3-6(8)4-5;;;;;;/h4-9,11,13,15H,2-3,10,12H2,1H3;3-8,10,13-14,22H,1-2,9,11-12H2;1-7H;5-6H,2-4,8H2,1H3;;;;;;/q;;;;;+1;;;;-1/t13-,15-;13-,14-;;5-,6-;;;;;;/m11.1....../s1. The van der Waals surface area contributed by atoms with Gasteiger partial charge in [0.2, 0.25) is 0 Å². The number of carbonyl (C=O) groups excluding carboxylic acids is 2. The van der Waals surface area contributed by atoms with Gasteiger partial charge in [0.1, 0.15) is 34.9 Å². The average Bonchev–Trinajstić information content (AvgIpc) is 4.26. The van der Waals surface area contributed by atoms with Crippen molar-refractivity contribution in [1.29, 1.82) is 0 Å². The van der Waals surface area contributed by atoms with Crippen LogP contribution in [0.4, 0.5) is 26.3 Å². The van der Waals surface area contributed by atoms with Crippen molar-refractivity contribution < 1.29 is 96.1 Å². The maximum absolute atomic E-state index is 13.9. The molecule has 0 aromatic heterocycles. The van der Waals surface area contributed by atoms with Crippen LogP contribution in [-0.2, 0) is 47.8 Å². The smallest absolute Gasteiger partial charge is 1.00 e.